The summed E-state index contributed by atoms with van der Waals surface area (Å²) in [5, 5.41) is 0. The highest BCUT2D eigenvalue weighted by atomic mass is 16.6. The molecule has 0 aliphatic carbocycles. The number of carbonyl (C=O) groups is 1. The van der Waals surface area contributed by atoms with Crippen molar-refractivity contribution in [1.29, 1.82) is 0 Å². The lowest BCUT2D eigenvalue weighted by Crippen LogP contribution is -2.19. The Morgan fingerprint density at radius 2 is 1.67 bits per heavy atom. The van der Waals surface area contributed by atoms with E-state index in [9.17, 15) is 4.79 Å². The third kappa shape index (κ3) is 9.65. The first kappa shape index (κ1) is 14.3. The second kappa shape index (κ2) is 9.89. The quantitative estimate of drug-likeness (QED) is 0.421. The molecular weight excluding hydrogens is 200 g/mol. The predicted octanol–water partition coefficient (Wildman–Crippen LogP) is 0.618. The van der Waals surface area contributed by atoms with Crippen molar-refractivity contribution in [2.75, 3.05) is 40.6 Å². The number of ether oxygens (including phenoxy) is 4. The van der Waals surface area contributed by atoms with Crippen molar-refractivity contribution in [2.45, 2.75) is 19.4 Å². The number of hydrogen-bond donors (Lipinski definition) is 0. The fraction of sp³-hybridized carbons (Fsp3) is 0.900. The summed E-state index contributed by atoms with van der Waals surface area (Å²) in [6.07, 6.45) is 0.114. The van der Waals surface area contributed by atoms with Crippen LogP contribution in [0.1, 0.15) is 13.3 Å². The van der Waals surface area contributed by atoms with E-state index in [1.165, 1.54) is 0 Å². The zero-order chi connectivity index (χ0) is 11.5. The smallest absolute Gasteiger partial charge is 0.308 e. The molecule has 0 aromatic rings. The van der Waals surface area contributed by atoms with Crippen LogP contribution >= 0.6 is 0 Å². The summed E-state index contributed by atoms with van der Waals surface area (Å²) >= 11 is 0. The van der Waals surface area contributed by atoms with Crippen molar-refractivity contribution in [3.8, 4) is 0 Å². The van der Waals surface area contributed by atoms with Gasteiger partial charge in [-0.05, 0) is 6.92 Å². The molecule has 15 heavy (non-hydrogen) atoms. The van der Waals surface area contributed by atoms with Crippen molar-refractivity contribution < 1.29 is 23.7 Å². The molecule has 0 spiro atoms. The molecule has 0 amide bonds. The van der Waals surface area contributed by atoms with Crippen LogP contribution in [0.3, 0.4) is 0 Å². The minimum Gasteiger partial charge on any atom is -0.463 e. The van der Waals surface area contributed by atoms with Gasteiger partial charge in [-0.1, -0.05) is 0 Å². The highest BCUT2D eigenvalue weighted by Gasteiger charge is 2.10. The van der Waals surface area contributed by atoms with E-state index in [4.69, 9.17) is 18.9 Å². The average molecular weight is 220 g/mol. The van der Waals surface area contributed by atoms with E-state index < -0.39 is 0 Å². The van der Waals surface area contributed by atoms with E-state index in [2.05, 4.69) is 0 Å². The van der Waals surface area contributed by atoms with Gasteiger partial charge >= 0.3 is 5.97 Å². The fourth-order valence-corrected chi connectivity index (χ4v) is 0.924. The maximum absolute atomic E-state index is 11.2. The molecule has 0 N–H and O–H groups in total. The second-order valence-electron chi connectivity index (χ2n) is 3.09. The highest BCUT2D eigenvalue weighted by Crippen LogP contribution is 1.99. The first-order valence-corrected chi connectivity index (χ1v) is 4.95. The predicted molar refractivity (Wildman–Crippen MR) is 54.7 cm³/mol. The Balaban J connectivity index is 3.40. The fourth-order valence-electron chi connectivity index (χ4n) is 0.924. The van der Waals surface area contributed by atoms with Gasteiger partial charge in [0.25, 0.3) is 0 Å². The molecule has 0 heterocycles. The maximum atomic E-state index is 11.2. The van der Waals surface area contributed by atoms with Crippen molar-refractivity contribution in [1.82, 2.24) is 0 Å². The molecule has 0 fully saturated rings. The van der Waals surface area contributed by atoms with Crippen LogP contribution in [0.4, 0.5) is 0 Å². The number of carbonyl (C=O) groups excluding carboxylic acids is 1. The summed E-state index contributed by atoms with van der Waals surface area (Å²) in [6.45, 7) is 3.56. The van der Waals surface area contributed by atoms with Gasteiger partial charge in [-0.25, -0.2) is 0 Å². The number of hydrogen-bond acceptors (Lipinski definition) is 5. The molecule has 0 unspecified atom stereocenters. The van der Waals surface area contributed by atoms with E-state index in [-0.39, 0.29) is 18.5 Å². The van der Waals surface area contributed by atoms with Crippen LogP contribution in [0.5, 0.6) is 0 Å². The van der Waals surface area contributed by atoms with Crippen LogP contribution in [-0.4, -0.2) is 52.7 Å². The summed E-state index contributed by atoms with van der Waals surface area (Å²) in [6, 6.07) is 0. The van der Waals surface area contributed by atoms with Crippen molar-refractivity contribution in [3.05, 3.63) is 0 Å². The van der Waals surface area contributed by atoms with Crippen molar-refractivity contribution in [3.63, 3.8) is 0 Å². The van der Waals surface area contributed by atoms with Gasteiger partial charge < -0.3 is 18.9 Å². The summed E-state index contributed by atoms with van der Waals surface area (Å²) in [5.74, 6) is -0.267. The molecule has 90 valence electrons. The standard InChI is InChI=1S/C10H20O5/c1-9(14-6-4-12-2)8-10(11)15-7-5-13-3/h9H,4-8H2,1-3H3/t9-/m1/s1. The summed E-state index contributed by atoms with van der Waals surface area (Å²) in [4.78, 5) is 11.2. The van der Waals surface area contributed by atoms with E-state index in [0.717, 1.165) is 0 Å². The minimum atomic E-state index is -0.267. The zero-order valence-electron chi connectivity index (χ0n) is 9.65. The van der Waals surface area contributed by atoms with Gasteiger partial charge in [0, 0.05) is 14.2 Å². The lowest BCUT2D eigenvalue weighted by Gasteiger charge is -2.12. The third-order valence-corrected chi connectivity index (χ3v) is 1.69. The molecule has 1 atom stereocenters. The van der Waals surface area contributed by atoms with Crippen LogP contribution in [0.2, 0.25) is 0 Å². The molecule has 0 bridgehead atoms. The van der Waals surface area contributed by atoms with Gasteiger partial charge in [-0.15, -0.1) is 0 Å². The largest absolute Gasteiger partial charge is 0.463 e. The van der Waals surface area contributed by atoms with Crippen molar-refractivity contribution >= 4 is 5.97 Å². The summed E-state index contributed by atoms with van der Waals surface area (Å²) < 4.78 is 19.8. The van der Waals surface area contributed by atoms with Gasteiger partial charge in [0.05, 0.1) is 32.3 Å². The Hall–Kier alpha value is -0.650. The molecule has 0 saturated carbocycles. The molecule has 5 nitrogen and oxygen atoms in total. The molecular formula is C10H20O5. The summed E-state index contributed by atoms with van der Waals surface area (Å²) in [5.41, 5.74) is 0. The zero-order valence-corrected chi connectivity index (χ0v) is 9.65. The lowest BCUT2D eigenvalue weighted by molar-refractivity contribution is -0.148. The topological polar surface area (TPSA) is 54.0 Å². The molecule has 0 aliphatic rings. The van der Waals surface area contributed by atoms with E-state index >= 15 is 0 Å². The van der Waals surface area contributed by atoms with Gasteiger partial charge in [0.2, 0.25) is 0 Å². The van der Waals surface area contributed by atoms with Gasteiger partial charge in [-0.2, -0.15) is 0 Å². The SMILES string of the molecule is COCCOC(=O)C[C@@H](C)OCCOC. The second-order valence-corrected chi connectivity index (χ2v) is 3.09. The Kier molecular flexibility index (Phi) is 9.46. The minimum absolute atomic E-state index is 0.143. The Morgan fingerprint density at radius 3 is 2.27 bits per heavy atom. The molecule has 0 saturated heterocycles. The Morgan fingerprint density at radius 1 is 1.07 bits per heavy atom. The van der Waals surface area contributed by atoms with Gasteiger partial charge in [0.1, 0.15) is 6.61 Å². The van der Waals surface area contributed by atoms with Crippen LogP contribution in [-0.2, 0) is 23.7 Å². The van der Waals surface area contributed by atoms with Crippen LogP contribution in [0.25, 0.3) is 0 Å². The first-order chi connectivity index (χ1) is 7.20. The molecule has 0 rings (SSSR count). The highest BCUT2D eigenvalue weighted by molar-refractivity contribution is 5.69. The average Bonchev–Trinajstić information content (AvgIpc) is 2.18. The Labute approximate surface area is 90.6 Å². The molecule has 0 aliphatic heterocycles. The molecule has 5 heteroatoms. The van der Waals surface area contributed by atoms with E-state index in [1.54, 1.807) is 14.2 Å². The normalized spacial score (nSPS) is 12.5. The van der Waals surface area contributed by atoms with E-state index in [0.29, 0.717) is 26.4 Å². The molecule has 0 aromatic heterocycles. The Bertz CT molecular complexity index is 160. The lowest BCUT2D eigenvalue weighted by atomic mass is 10.3. The third-order valence-electron chi connectivity index (χ3n) is 1.69. The first-order valence-electron chi connectivity index (χ1n) is 4.95. The van der Waals surface area contributed by atoms with Crippen LogP contribution < -0.4 is 0 Å². The van der Waals surface area contributed by atoms with Crippen LogP contribution in [0.15, 0.2) is 0 Å². The number of rotatable bonds is 9. The van der Waals surface area contributed by atoms with Gasteiger partial charge in [0.15, 0.2) is 0 Å². The van der Waals surface area contributed by atoms with Gasteiger partial charge in [-0.3, -0.25) is 4.79 Å². The maximum Gasteiger partial charge on any atom is 0.308 e. The van der Waals surface area contributed by atoms with Crippen LogP contribution in [0, 0.1) is 0 Å². The number of esters is 1. The number of methoxy groups -OCH3 is 2. The monoisotopic (exact) mass is 220 g/mol. The van der Waals surface area contributed by atoms with Crippen molar-refractivity contribution in [2.24, 2.45) is 0 Å². The molecule has 0 radical (unpaired) electrons. The van der Waals surface area contributed by atoms with E-state index in [1.807, 2.05) is 6.92 Å². The summed E-state index contributed by atoms with van der Waals surface area (Å²) in [7, 11) is 3.16. The molecule has 0 aromatic carbocycles.